The Morgan fingerprint density at radius 1 is 0.343 bits per heavy atom. The van der Waals surface area contributed by atoms with Crippen molar-refractivity contribution in [2.24, 2.45) is 0 Å². The highest BCUT2D eigenvalue weighted by Gasteiger charge is 2.25. The number of carbonyl (C=O) groups excluding carboxylic acids is 3. The van der Waals surface area contributed by atoms with Gasteiger partial charge in [0, 0.05) is 68.7 Å². The van der Waals surface area contributed by atoms with Crippen LogP contribution in [0.5, 0.6) is 40.2 Å². The van der Waals surface area contributed by atoms with Crippen molar-refractivity contribution in [2.75, 3.05) is 19.6 Å². The minimum absolute atomic E-state index is 0.00713. The van der Waals surface area contributed by atoms with Crippen LogP contribution in [0.1, 0.15) is 77.8 Å². The molecular weight excluding hydrogens is 1250 g/mol. The van der Waals surface area contributed by atoms with Crippen molar-refractivity contribution in [1.82, 2.24) is 0 Å². The summed E-state index contributed by atoms with van der Waals surface area (Å²) in [6, 6.07) is 77.4. The van der Waals surface area contributed by atoms with Crippen molar-refractivity contribution in [1.29, 1.82) is 0 Å². The highest BCUT2D eigenvalue weighted by atomic mass is 19.1. The van der Waals surface area contributed by atoms with Gasteiger partial charge in [-0.2, -0.15) is 0 Å². The minimum Gasteiger partial charge on any atom is -0.508 e. The lowest BCUT2D eigenvalue weighted by molar-refractivity contribution is 0.0990. The van der Waals surface area contributed by atoms with Crippen LogP contribution >= 0.6 is 0 Å². The summed E-state index contributed by atoms with van der Waals surface area (Å²) >= 11 is 0. The van der Waals surface area contributed by atoms with Crippen LogP contribution in [0.3, 0.4) is 0 Å². The average Bonchev–Trinajstić information content (AvgIpc) is 0.822. The number of phenolic OH excluding ortho intramolecular Hbond substituents is 7. The Hall–Kier alpha value is -12.7. The number of hydrogen-bond donors (Lipinski definition) is 7. The number of aromatic hydroxyl groups is 7. The van der Waals surface area contributed by atoms with Gasteiger partial charge in [-0.05, 0) is 286 Å². The zero-order valence-electron chi connectivity index (χ0n) is 55.1. The van der Waals surface area contributed by atoms with Crippen molar-refractivity contribution in [3.63, 3.8) is 0 Å². The summed E-state index contributed by atoms with van der Waals surface area (Å²) < 4.78 is 26.8. The predicted molar refractivity (Wildman–Crippen MR) is 387 cm³/mol. The molecule has 0 aromatic heterocycles. The lowest BCUT2D eigenvalue weighted by atomic mass is 10.0. The van der Waals surface area contributed by atoms with Crippen molar-refractivity contribution in [3.8, 4) is 40.2 Å². The summed E-state index contributed by atoms with van der Waals surface area (Å²) in [5.74, 6) is -1.83. The number of carbonyl (C=O) groups is 3. The second kappa shape index (κ2) is 33.1. The van der Waals surface area contributed by atoms with Gasteiger partial charge in [0.15, 0.2) is 11.6 Å². The summed E-state index contributed by atoms with van der Waals surface area (Å²) in [6.07, 6.45) is 2.04. The zero-order valence-corrected chi connectivity index (χ0v) is 55.1. The van der Waals surface area contributed by atoms with Crippen LogP contribution in [0.4, 0.5) is 54.3 Å². The highest BCUT2D eigenvalue weighted by Crippen LogP contribution is 2.36. The SMILES string of the molecule is CCCc1ccc(C(=O)N(c2ccc(O)cc2)c2ccc(O)cc2)cc1.Cc1cccc(C(=O)N(c2ccccc2)c2ccc(O)cc2)c1C.Cc1cccc(CN(c2ccc(O)cc2)c2ccc(O)cc2)c1C.O=C(c1ccc(O)c(F)c1)N(c1ccc(O)cc1)c1ccc(F)cc1. The number of aryl methyl sites for hydroxylation is 3. The third-order valence-electron chi connectivity index (χ3n) is 16.3. The van der Waals surface area contributed by atoms with Gasteiger partial charge in [0.2, 0.25) is 0 Å². The maximum Gasteiger partial charge on any atom is 0.263 e. The van der Waals surface area contributed by atoms with E-state index in [2.05, 4.69) is 43.9 Å². The van der Waals surface area contributed by atoms with E-state index in [-0.39, 0.29) is 51.9 Å². The molecule has 0 radical (unpaired) electrons. The molecule has 0 bridgehead atoms. The van der Waals surface area contributed by atoms with Crippen LogP contribution in [0.2, 0.25) is 0 Å². The number of amides is 3. The molecule has 0 aliphatic heterocycles. The Balaban J connectivity index is 0.000000154. The molecule has 12 aromatic carbocycles. The van der Waals surface area contributed by atoms with E-state index in [1.54, 1.807) is 107 Å². The topological polar surface area (TPSA) is 206 Å². The zero-order chi connectivity index (χ0) is 70.7. The number of hydrogen-bond acceptors (Lipinski definition) is 11. The summed E-state index contributed by atoms with van der Waals surface area (Å²) in [7, 11) is 0. The highest BCUT2D eigenvalue weighted by molar-refractivity contribution is 6.13. The molecule has 14 nitrogen and oxygen atoms in total. The molecule has 0 fully saturated rings. The van der Waals surface area contributed by atoms with E-state index in [4.69, 9.17) is 0 Å². The van der Waals surface area contributed by atoms with Crippen molar-refractivity contribution in [3.05, 3.63) is 341 Å². The number of para-hydroxylation sites is 1. The maximum atomic E-state index is 13.6. The Morgan fingerprint density at radius 3 is 1.11 bits per heavy atom. The fourth-order valence-corrected chi connectivity index (χ4v) is 10.6. The van der Waals surface area contributed by atoms with E-state index in [0.29, 0.717) is 46.1 Å². The van der Waals surface area contributed by atoms with Crippen LogP contribution in [0.15, 0.2) is 279 Å². The molecule has 0 saturated heterocycles. The second-order valence-electron chi connectivity index (χ2n) is 23.1. The van der Waals surface area contributed by atoms with E-state index in [1.165, 1.54) is 81.8 Å². The first-order valence-corrected chi connectivity index (χ1v) is 31.7. The molecule has 3 amide bonds. The maximum absolute atomic E-state index is 13.6. The third-order valence-corrected chi connectivity index (χ3v) is 16.3. The average molecular weight is 1330 g/mol. The van der Waals surface area contributed by atoms with E-state index >= 15 is 0 Å². The van der Waals surface area contributed by atoms with Gasteiger partial charge in [-0.25, -0.2) is 8.78 Å². The van der Waals surface area contributed by atoms with Gasteiger partial charge < -0.3 is 40.6 Å². The van der Waals surface area contributed by atoms with E-state index in [0.717, 1.165) is 53.2 Å². The first kappa shape index (κ1) is 70.6. The summed E-state index contributed by atoms with van der Waals surface area (Å²) in [5.41, 5.74) is 13.8. The predicted octanol–water partition coefficient (Wildman–Crippen LogP) is 19.4. The number of benzene rings is 12. The molecular formula is C83H74F2N4O10. The molecule has 500 valence electrons. The van der Waals surface area contributed by atoms with E-state index in [9.17, 15) is 58.9 Å². The Bertz CT molecular complexity index is 4520. The lowest BCUT2D eigenvalue weighted by Gasteiger charge is -2.26. The molecule has 0 saturated carbocycles. The standard InChI is InChI=1S/C22H21NO3.C21H21NO2.C21H19NO2.C19H13F2NO3/c1-2-3-16-4-6-17(7-5-16)22(26)23(18-8-12-20(24)13-9-18)19-10-14-21(25)15-11-19;1-15-4-3-5-17(16(15)2)14-22(18-6-10-20(23)11-7-18)19-8-12-21(24)13-9-19;1-15-7-6-10-20(16(15)2)21(24)22(17-8-4-3-5-9-17)18-11-13-19(23)14-12-18;20-13-2-4-14(5-3-13)22(15-6-8-16(23)9-7-15)19(25)12-1-10-18(24)17(21)11-12/h4-15,24-25H,2-3H2,1H3;3-13,23-24H,14H2,1-2H3;3-14,23H,1-2H3;1-11,23-24H. The van der Waals surface area contributed by atoms with E-state index in [1.807, 2.05) is 111 Å². The van der Waals surface area contributed by atoms with Gasteiger partial charge in [0.05, 0.1) is 0 Å². The van der Waals surface area contributed by atoms with Crippen molar-refractivity contribution < 1.29 is 58.9 Å². The molecule has 0 atom stereocenters. The quantitative estimate of drug-likeness (QED) is 0.0514. The number of anilines is 8. The molecule has 0 heterocycles. The minimum atomic E-state index is -0.921. The molecule has 99 heavy (non-hydrogen) atoms. The number of rotatable bonds is 15. The second-order valence-corrected chi connectivity index (χ2v) is 23.1. The van der Waals surface area contributed by atoms with Gasteiger partial charge >= 0.3 is 0 Å². The number of halogens is 2. The van der Waals surface area contributed by atoms with Crippen LogP contribution < -0.4 is 19.6 Å². The molecule has 12 aromatic rings. The molecule has 0 spiro atoms. The Labute approximate surface area is 574 Å². The van der Waals surface area contributed by atoms with Crippen LogP contribution in [0, 0.1) is 39.3 Å². The fourth-order valence-electron chi connectivity index (χ4n) is 10.6. The van der Waals surface area contributed by atoms with Gasteiger partial charge in [-0.1, -0.05) is 74.0 Å². The number of phenols is 7. The van der Waals surface area contributed by atoms with Crippen LogP contribution in [-0.4, -0.2) is 53.5 Å². The van der Waals surface area contributed by atoms with Gasteiger partial charge in [0.1, 0.15) is 40.3 Å². The summed E-state index contributed by atoms with van der Waals surface area (Å²) in [6.45, 7) is 11.0. The first-order chi connectivity index (χ1) is 47.6. The molecule has 7 N–H and O–H groups in total. The monoisotopic (exact) mass is 1320 g/mol. The molecule has 0 aliphatic rings. The summed E-state index contributed by atoms with van der Waals surface area (Å²) in [4.78, 5) is 46.0. The first-order valence-electron chi connectivity index (χ1n) is 31.7. The Kier molecular flexibility index (Phi) is 23.6. The molecule has 0 aliphatic carbocycles. The van der Waals surface area contributed by atoms with Gasteiger partial charge in [-0.15, -0.1) is 0 Å². The molecule has 0 unspecified atom stereocenters. The molecule has 16 heteroatoms. The lowest BCUT2D eigenvalue weighted by Crippen LogP contribution is -2.26. The van der Waals surface area contributed by atoms with Crippen molar-refractivity contribution >= 4 is 63.2 Å². The van der Waals surface area contributed by atoms with Gasteiger partial charge in [-0.3, -0.25) is 29.1 Å². The normalized spacial score (nSPS) is 10.5. The largest absolute Gasteiger partial charge is 0.508 e. The molecule has 12 rings (SSSR count). The summed E-state index contributed by atoms with van der Waals surface area (Å²) in [5, 5.41) is 66.5. The van der Waals surface area contributed by atoms with E-state index < -0.39 is 23.3 Å². The van der Waals surface area contributed by atoms with Crippen LogP contribution in [0.25, 0.3) is 0 Å². The Morgan fingerprint density at radius 2 is 0.697 bits per heavy atom. The van der Waals surface area contributed by atoms with Crippen molar-refractivity contribution in [2.45, 2.75) is 54.0 Å². The van der Waals surface area contributed by atoms with Gasteiger partial charge in [0.25, 0.3) is 17.7 Å². The third kappa shape index (κ3) is 18.4. The number of nitrogens with zero attached hydrogens (tertiary/aromatic N) is 4. The van der Waals surface area contributed by atoms with Crippen LogP contribution in [-0.2, 0) is 13.0 Å². The fraction of sp³-hybridized carbons (Fsp3) is 0.0964. The smallest absolute Gasteiger partial charge is 0.263 e.